The van der Waals surface area contributed by atoms with E-state index < -0.39 is 29.4 Å². The molecule has 0 radical (unpaired) electrons. The summed E-state index contributed by atoms with van der Waals surface area (Å²) in [5.74, 6) is -1.46. The van der Waals surface area contributed by atoms with Gasteiger partial charge in [0, 0.05) is 17.1 Å². The van der Waals surface area contributed by atoms with Crippen molar-refractivity contribution in [2.45, 2.75) is 43.8 Å². The summed E-state index contributed by atoms with van der Waals surface area (Å²) in [5, 5.41) is 9.22. The van der Waals surface area contributed by atoms with E-state index in [1.807, 2.05) is 0 Å². The number of aromatic nitrogens is 2. The Hall–Kier alpha value is -2.75. The molecule has 0 saturated heterocycles. The lowest BCUT2D eigenvalue weighted by Crippen LogP contribution is -2.84. The van der Waals surface area contributed by atoms with Crippen molar-refractivity contribution in [3.05, 3.63) is 46.5 Å². The summed E-state index contributed by atoms with van der Waals surface area (Å²) in [6, 6.07) is 5.18. The van der Waals surface area contributed by atoms with Crippen molar-refractivity contribution < 1.29 is 27.5 Å². The number of rotatable bonds is 7. The standard InChI is InChI=1S/C19H18ClF3N4O3/c1-10-4-14(27(26-10)17(22)23)16(29)25-19-7-18(8-19,9-19)24-15(28)6-30-11-2-3-12(20)13(21)5-11/h2-5,17H,6-9H2,1H3,(H,24,28)(H,25,29). The summed E-state index contributed by atoms with van der Waals surface area (Å²) in [6.45, 7) is -1.68. The van der Waals surface area contributed by atoms with E-state index in [0.717, 1.165) is 6.07 Å². The molecule has 1 aromatic heterocycles. The van der Waals surface area contributed by atoms with Gasteiger partial charge in [-0.15, -0.1) is 0 Å². The van der Waals surface area contributed by atoms with Gasteiger partial charge < -0.3 is 15.4 Å². The molecule has 3 aliphatic rings. The minimum Gasteiger partial charge on any atom is -0.484 e. The highest BCUT2D eigenvalue weighted by atomic mass is 35.5. The van der Waals surface area contributed by atoms with Crippen molar-refractivity contribution in [1.29, 1.82) is 0 Å². The van der Waals surface area contributed by atoms with Crippen LogP contribution < -0.4 is 15.4 Å². The molecule has 0 aliphatic heterocycles. The van der Waals surface area contributed by atoms with Crippen LogP contribution in [0.3, 0.4) is 0 Å². The first-order valence-electron chi connectivity index (χ1n) is 9.16. The van der Waals surface area contributed by atoms with Crippen molar-refractivity contribution in [3.8, 4) is 5.75 Å². The number of benzene rings is 1. The molecule has 3 aliphatic carbocycles. The highest BCUT2D eigenvalue weighted by molar-refractivity contribution is 6.30. The second-order valence-electron chi connectivity index (χ2n) is 7.85. The van der Waals surface area contributed by atoms with Gasteiger partial charge in [-0.05, 0) is 44.4 Å². The molecule has 7 nitrogen and oxygen atoms in total. The maximum Gasteiger partial charge on any atom is 0.333 e. The van der Waals surface area contributed by atoms with Crippen LogP contribution >= 0.6 is 11.6 Å². The molecule has 3 fully saturated rings. The van der Waals surface area contributed by atoms with Crippen LogP contribution in [0.1, 0.15) is 42.0 Å². The first-order valence-corrected chi connectivity index (χ1v) is 9.54. The zero-order valence-electron chi connectivity index (χ0n) is 15.8. The first-order chi connectivity index (χ1) is 14.1. The third kappa shape index (κ3) is 3.71. The Morgan fingerprint density at radius 3 is 2.53 bits per heavy atom. The molecule has 0 atom stereocenters. The van der Waals surface area contributed by atoms with Gasteiger partial charge in [0.05, 0.1) is 10.7 Å². The maximum absolute atomic E-state index is 13.4. The van der Waals surface area contributed by atoms with Gasteiger partial charge in [0.15, 0.2) is 6.61 Å². The Bertz CT molecular complexity index is 1010. The molecular weight excluding hydrogens is 425 g/mol. The van der Waals surface area contributed by atoms with Gasteiger partial charge in [-0.1, -0.05) is 11.6 Å². The second-order valence-corrected chi connectivity index (χ2v) is 8.26. The lowest BCUT2D eigenvalue weighted by atomic mass is 9.44. The molecule has 2 amide bonds. The number of halogens is 4. The number of hydrogen-bond donors (Lipinski definition) is 2. The molecule has 2 N–H and O–H groups in total. The number of carbonyl (C=O) groups excluding carboxylic acids is 2. The predicted molar refractivity (Wildman–Crippen MR) is 100 cm³/mol. The van der Waals surface area contributed by atoms with E-state index in [-0.39, 0.29) is 29.0 Å². The number of ether oxygens (including phenoxy) is 1. The third-order valence-corrected chi connectivity index (χ3v) is 5.66. The maximum atomic E-state index is 13.4. The van der Waals surface area contributed by atoms with Gasteiger partial charge in [-0.2, -0.15) is 18.6 Å². The minimum atomic E-state index is -2.91. The van der Waals surface area contributed by atoms with Gasteiger partial charge in [0.1, 0.15) is 17.3 Å². The average Bonchev–Trinajstić information content (AvgIpc) is 3.02. The molecule has 11 heteroatoms. The summed E-state index contributed by atoms with van der Waals surface area (Å²) >= 11 is 5.59. The minimum absolute atomic E-state index is 0.0419. The topological polar surface area (TPSA) is 85.3 Å². The Labute approximate surface area is 174 Å². The average molecular weight is 443 g/mol. The van der Waals surface area contributed by atoms with E-state index in [9.17, 15) is 22.8 Å². The third-order valence-electron chi connectivity index (χ3n) is 5.35. The summed E-state index contributed by atoms with van der Waals surface area (Å²) in [6.07, 6.45) is 1.48. The molecule has 1 heterocycles. The molecule has 0 unspecified atom stereocenters. The van der Waals surface area contributed by atoms with Gasteiger partial charge in [-0.3, -0.25) is 9.59 Å². The summed E-state index contributed by atoms with van der Waals surface area (Å²) in [7, 11) is 0. The Balaban J connectivity index is 1.27. The number of alkyl halides is 2. The van der Waals surface area contributed by atoms with E-state index in [4.69, 9.17) is 16.3 Å². The molecule has 160 valence electrons. The Kier molecular flexibility index (Phi) is 4.92. The molecule has 30 heavy (non-hydrogen) atoms. The summed E-state index contributed by atoms with van der Waals surface area (Å²) < 4.78 is 45.1. The second kappa shape index (κ2) is 7.19. The number of amides is 2. The quantitative estimate of drug-likeness (QED) is 0.690. The number of hydrogen-bond acceptors (Lipinski definition) is 4. The Morgan fingerprint density at radius 1 is 1.23 bits per heavy atom. The van der Waals surface area contributed by atoms with Crippen molar-refractivity contribution in [1.82, 2.24) is 20.4 Å². The van der Waals surface area contributed by atoms with Crippen LogP contribution in [-0.2, 0) is 4.79 Å². The zero-order valence-corrected chi connectivity index (χ0v) is 16.6. The molecule has 5 rings (SSSR count). The molecule has 3 saturated carbocycles. The van der Waals surface area contributed by atoms with Crippen LogP contribution in [0.15, 0.2) is 24.3 Å². The molecule has 1 aromatic carbocycles. The van der Waals surface area contributed by atoms with Crippen LogP contribution in [0.4, 0.5) is 13.2 Å². The highest BCUT2D eigenvalue weighted by Gasteiger charge is 2.69. The molecule has 2 aromatic rings. The SMILES string of the molecule is Cc1cc(C(=O)NC23CC(NC(=O)COc4ccc(Cl)c(F)c4)(C2)C3)n(C(F)F)n1. The van der Waals surface area contributed by atoms with E-state index in [0.29, 0.717) is 29.6 Å². The van der Waals surface area contributed by atoms with Gasteiger partial charge in [0.2, 0.25) is 0 Å². The van der Waals surface area contributed by atoms with Crippen molar-refractivity contribution in [2.75, 3.05) is 6.61 Å². The van der Waals surface area contributed by atoms with Crippen LogP contribution in [0.2, 0.25) is 5.02 Å². The van der Waals surface area contributed by atoms with Gasteiger partial charge in [0.25, 0.3) is 11.8 Å². The predicted octanol–water partition coefficient (Wildman–Crippen LogP) is 2.98. The smallest absolute Gasteiger partial charge is 0.333 e. The van der Waals surface area contributed by atoms with Crippen LogP contribution in [0.5, 0.6) is 5.75 Å². The van der Waals surface area contributed by atoms with Crippen LogP contribution in [0.25, 0.3) is 0 Å². The van der Waals surface area contributed by atoms with Crippen LogP contribution in [0, 0.1) is 12.7 Å². The Morgan fingerprint density at radius 2 is 1.90 bits per heavy atom. The molecule has 2 bridgehead atoms. The van der Waals surface area contributed by atoms with Gasteiger partial charge >= 0.3 is 6.55 Å². The van der Waals surface area contributed by atoms with E-state index >= 15 is 0 Å². The van der Waals surface area contributed by atoms with Crippen molar-refractivity contribution >= 4 is 23.4 Å². The number of carbonyl (C=O) groups is 2. The lowest BCUT2D eigenvalue weighted by Gasteiger charge is -2.70. The molecular formula is C19H18ClF3N4O3. The van der Waals surface area contributed by atoms with E-state index in [1.165, 1.54) is 25.1 Å². The summed E-state index contributed by atoms with van der Waals surface area (Å²) in [5.41, 5.74) is -0.843. The number of nitrogens with one attached hydrogen (secondary N) is 2. The van der Waals surface area contributed by atoms with E-state index in [2.05, 4.69) is 15.7 Å². The van der Waals surface area contributed by atoms with E-state index in [1.54, 1.807) is 0 Å². The van der Waals surface area contributed by atoms with Crippen molar-refractivity contribution in [3.63, 3.8) is 0 Å². The fourth-order valence-electron chi connectivity index (χ4n) is 4.24. The fourth-order valence-corrected chi connectivity index (χ4v) is 4.36. The first kappa shape index (κ1) is 20.5. The van der Waals surface area contributed by atoms with Gasteiger partial charge in [-0.25, -0.2) is 4.39 Å². The summed E-state index contributed by atoms with van der Waals surface area (Å²) in [4.78, 5) is 24.5. The number of aryl methyl sites for hydroxylation is 1. The van der Waals surface area contributed by atoms with Crippen LogP contribution in [-0.4, -0.2) is 39.3 Å². The van der Waals surface area contributed by atoms with Crippen molar-refractivity contribution in [2.24, 2.45) is 0 Å². The highest BCUT2D eigenvalue weighted by Crippen LogP contribution is 2.60. The monoisotopic (exact) mass is 442 g/mol. The fraction of sp³-hybridized carbons (Fsp3) is 0.421. The largest absolute Gasteiger partial charge is 0.484 e. The lowest BCUT2D eigenvalue weighted by molar-refractivity contribution is -0.141. The number of nitrogens with zero attached hydrogens (tertiary/aromatic N) is 2. The normalized spacial score (nSPS) is 24.1. The molecule has 0 spiro atoms. The zero-order chi connectivity index (χ0) is 21.7.